The normalized spacial score (nSPS) is 10.3. The predicted molar refractivity (Wildman–Crippen MR) is 65.8 cm³/mol. The molecule has 13 heavy (non-hydrogen) atoms. The highest BCUT2D eigenvalue weighted by molar-refractivity contribution is 9.09. The van der Waals surface area contributed by atoms with Crippen LogP contribution in [0.4, 0.5) is 0 Å². The molecule has 0 radical (unpaired) electrons. The third-order valence-corrected chi connectivity index (χ3v) is 3.23. The van der Waals surface area contributed by atoms with Crippen molar-refractivity contribution in [3.8, 4) is 0 Å². The van der Waals surface area contributed by atoms with Crippen molar-refractivity contribution >= 4 is 31.9 Å². The molecule has 1 aromatic rings. The SMILES string of the molecule is BrCCCCc1ccc(CBr)cc1. The van der Waals surface area contributed by atoms with Crippen LogP contribution in [0.25, 0.3) is 0 Å². The zero-order valence-corrected chi connectivity index (χ0v) is 10.8. The first-order valence-corrected chi connectivity index (χ1v) is 6.81. The summed E-state index contributed by atoms with van der Waals surface area (Å²) >= 11 is 6.88. The van der Waals surface area contributed by atoms with Gasteiger partial charge in [-0.25, -0.2) is 0 Å². The fraction of sp³-hybridized carbons (Fsp3) is 0.455. The highest BCUT2D eigenvalue weighted by Crippen LogP contribution is 2.10. The van der Waals surface area contributed by atoms with Crippen molar-refractivity contribution in [3.63, 3.8) is 0 Å². The minimum absolute atomic E-state index is 0.953. The van der Waals surface area contributed by atoms with Crippen molar-refractivity contribution in [2.75, 3.05) is 5.33 Å². The molecule has 0 bridgehead atoms. The Labute approximate surface area is 97.0 Å². The first-order valence-electron chi connectivity index (χ1n) is 4.56. The number of benzene rings is 1. The van der Waals surface area contributed by atoms with E-state index in [4.69, 9.17) is 0 Å². The lowest BCUT2D eigenvalue weighted by atomic mass is 10.1. The Kier molecular flexibility index (Phi) is 5.72. The summed E-state index contributed by atoms with van der Waals surface area (Å²) in [5.41, 5.74) is 2.80. The van der Waals surface area contributed by atoms with Crippen molar-refractivity contribution in [1.82, 2.24) is 0 Å². The van der Waals surface area contributed by atoms with Gasteiger partial charge in [0, 0.05) is 10.7 Å². The Bertz CT molecular complexity index is 228. The van der Waals surface area contributed by atoms with E-state index in [1.165, 1.54) is 30.4 Å². The predicted octanol–water partition coefficient (Wildman–Crippen LogP) is 4.30. The molecule has 0 saturated carbocycles. The maximum atomic E-state index is 3.44. The van der Waals surface area contributed by atoms with Crippen LogP contribution in [0.15, 0.2) is 24.3 Å². The molecule has 0 aliphatic heterocycles. The van der Waals surface area contributed by atoms with Crippen LogP contribution in [0.3, 0.4) is 0 Å². The Morgan fingerprint density at radius 3 is 2.00 bits per heavy atom. The Morgan fingerprint density at radius 2 is 1.46 bits per heavy atom. The smallest absolute Gasteiger partial charge is 0.0283 e. The Hall–Kier alpha value is 0.180. The van der Waals surface area contributed by atoms with Crippen LogP contribution >= 0.6 is 31.9 Å². The van der Waals surface area contributed by atoms with Gasteiger partial charge in [0.25, 0.3) is 0 Å². The maximum absolute atomic E-state index is 3.44. The first-order chi connectivity index (χ1) is 6.36. The second-order valence-corrected chi connectivity index (χ2v) is 4.45. The summed E-state index contributed by atoms with van der Waals surface area (Å²) in [6.07, 6.45) is 3.74. The summed E-state index contributed by atoms with van der Waals surface area (Å²) in [6, 6.07) is 8.84. The highest BCUT2D eigenvalue weighted by atomic mass is 79.9. The van der Waals surface area contributed by atoms with Gasteiger partial charge in [-0.05, 0) is 30.4 Å². The Balaban J connectivity index is 2.40. The molecule has 2 heteroatoms. The molecule has 0 aliphatic carbocycles. The van der Waals surface area contributed by atoms with Crippen LogP contribution in [-0.2, 0) is 11.8 Å². The van der Waals surface area contributed by atoms with Crippen LogP contribution in [0.1, 0.15) is 24.0 Å². The Morgan fingerprint density at radius 1 is 0.846 bits per heavy atom. The van der Waals surface area contributed by atoms with E-state index in [0.29, 0.717) is 0 Å². The third kappa shape index (κ3) is 4.28. The number of unbranched alkanes of at least 4 members (excludes halogenated alkanes) is 1. The monoisotopic (exact) mass is 304 g/mol. The van der Waals surface area contributed by atoms with Gasteiger partial charge in [-0.15, -0.1) is 0 Å². The van der Waals surface area contributed by atoms with Gasteiger partial charge in [0.05, 0.1) is 0 Å². The summed E-state index contributed by atoms with van der Waals surface area (Å²) in [4.78, 5) is 0. The minimum Gasteiger partial charge on any atom is -0.0928 e. The zero-order valence-electron chi connectivity index (χ0n) is 7.60. The van der Waals surface area contributed by atoms with Gasteiger partial charge in [0.15, 0.2) is 0 Å². The quantitative estimate of drug-likeness (QED) is 0.562. The molecule has 1 aromatic carbocycles. The lowest BCUT2D eigenvalue weighted by molar-refractivity contribution is 0.806. The van der Waals surface area contributed by atoms with Crippen LogP contribution < -0.4 is 0 Å². The van der Waals surface area contributed by atoms with E-state index in [1.807, 2.05) is 0 Å². The number of rotatable bonds is 5. The van der Waals surface area contributed by atoms with Crippen molar-refractivity contribution in [2.24, 2.45) is 0 Å². The van der Waals surface area contributed by atoms with Crippen molar-refractivity contribution < 1.29 is 0 Å². The van der Waals surface area contributed by atoms with Gasteiger partial charge in [-0.2, -0.15) is 0 Å². The molecule has 0 N–H and O–H groups in total. The van der Waals surface area contributed by atoms with E-state index in [2.05, 4.69) is 56.1 Å². The second kappa shape index (κ2) is 6.61. The maximum Gasteiger partial charge on any atom is 0.0283 e. The molecule has 0 heterocycles. The fourth-order valence-corrected chi connectivity index (χ4v) is 1.99. The lowest BCUT2D eigenvalue weighted by Crippen LogP contribution is -1.86. The second-order valence-electron chi connectivity index (χ2n) is 3.10. The van der Waals surface area contributed by atoms with Gasteiger partial charge in [-0.1, -0.05) is 56.1 Å². The standard InChI is InChI=1S/C11H14Br2/c12-8-2-1-3-10-4-6-11(9-13)7-5-10/h4-7H,1-3,8-9H2. The molecule has 0 aliphatic rings. The van der Waals surface area contributed by atoms with Crippen molar-refractivity contribution in [3.05, 3.63) is 35.4 Å². The molecule has 0 spiro atoms. The molecule has 0 amide bonds. The number of hydrogen-bond donors (Lipinski definition) is 0. The van der Waals surface area contributed by atoms with Crippen LogP contribution in [0.5, 0.6) is 0 Å². The molecule has 0 unspecified atom stereocenters. The number of hydrogen-bond acceptors (Lipinski definition) is 0. The first kappa shape index (κ1) is 11.3. The average molecular weight is 306 g/mol. The molecular weight excluding hydrogens is 292 g/mol. The van der Waals surface area contributed by atoms with Crippen LogP contribution in [-0.4, -0.2) is 5.33 Å². The van der Waals surface area contributed by atoms with E-state index in [0.717, 1.165) is 10.7 Å². The number of halogens is 2. The molecule has 0 saturated heterocycles. The average Bonchev–Trinajstić information content (AvgIpc) is 2.19. The number of aryl methyl sites for hydroxylation is 1. The summed E-state index contributed by atoms with van der Waals surface area (Å²) < 4.78 is 0. The third-order valence-electron chi connectivity index (χ3n) is 2.03. The van der Waals surface area contributed by atoms with Crippen molar-refractivity contribution in [2.45, 2.75) is 24.6 Å². The van der Waals surface area contributed by atoms with E-state index in [-0.39, 0.29) is 0 Å². The molecule has 0 atom stereocenters. The van der Waals surface area contributed by atoms with Gasteiger partial charge in [-0.3, -0.25) is 0 Å². The molecule has 0 nitrogen and oxygen atoms in total. The van der Waals surface area contributed by atoms with Gasteiger partial charge in [0.1, 0.15) is 0 Å². The van der Waals surface area contributed by atoms with Crippen LogP contribution in [0, 0.1) is 0 Å². The van der Waals surface area contributed by atoms with Crippen molar-refractivity contribution in [1.29, 1.82) is 0 Å². The molecule has 0 fully saturated rings. The highest BCUT2D eigenvalue weighted by Gasteiger charge is 1.93. The van der Waals surface area contributed by atoms with Gasteiger partial charge < -0.3 is 0 Å². The van der Waals surface area contributed by atoms with Crippen LogP contribution in [0.2, 0.25) is 0 Å². The molecule has 72 valence electrons. The topological polar surface area (TPSA) is 0 Å². The van der Waals surface area contributed by atoms with E-state index in [9.17, 15) is 0 Å². The van der Waals surface area contributed by atoms with Gasteiger partial charge in [0.2, 0.25) is 0 Å². The molecule has 0 aromatic heterocycles. The zero-order chi connectivity index (χ0) is 9.52. The van der Waals surface area contributed by atoms with E-state index < -0.39 is 0 Å². The molecular formula is C11H14Br2. The minimum atomic E-state index is 0.953. The summed E-state index contributed by atoms with van der Waals surface area (Å²) in [7, 11) is 0. The lowest BCUT2D eigenvalue weighted by Gasteiger charge is -2.01. The largest absolute Gasteiger partial charge is 0.0928 e. The summed E-state index contributed by atoms with van der Waals surface area (Å²) in [5.74, 6) is 0. The van der Waals surface area contributed by atoms with Gasteiger partial charge >= 0.3 is 0 Å². The summed E-state index contributed by atoms with van der Waals surface area (Å²) in [6.45, 7) is 0. The van der Waals surface area contributed by atoms with E-state index in [1.54, 1.807) is 0 Å². The molecule has 1 rings (SSSR count). The summed E-state index contributed by atoms with van der Waals surface area (Å²) in [5, 5.41) is 2.07. The van der Waals surface area contributed by atoms with E-state index >= 15 is 0 Å². The fourth-order valence-electron chi connectivity index (χ4n) is 1.22. The number of alkyl halides is 2.